The summed E-state index contributed by atoms with van der Waals surface area (Å²) in [6.07, 6.45) is 3.74. The maximum Gasteiger partial charge on any atom is 0.286 e. The molecule has 1 fully saturated rings. The first-order chi connectivity index (χ1) is 14.5. The maximum atomic E-state index is 12.7. The summed E-state index contributed by atoms with van der Waals surface area (Å²) < 4.78 is 10.8. The Kier molecular flexibility index (Phi) is 5.85. The van der Waals surface area contributed by atoms with Crippen molar-refractivity contribution in [2.45, 2.75) is 38.8 Å². The van der Waals surface area contributed by atoms with Gasteiger partial charge in [-0.15, -0.1) is 0 Å². The van der Waals surface area contributed by atoms with E-state index in [9.17, 15) is 14.9 Å². The molecule has 2 aromatic rings. The van der Waals surface area contributed by atoms with E-state index in [0.29, 0.717) is 30.7 Å². The van der Waals surface area contributed by atoms with Crippen LogP contribution >= 0.6 is 0 Å². The first-order valence-corrected chi connectivity index (χ1v) is 10.2. The fourth-order valence-corrected chi connectivity index (χ4v) is 3.93. The van der Waals surface area contributed by atoms with Crippen LogP contribution in [0.5, 0.6) is 11.5 Å². The van der Waals surface area contributed by atoms with Crippen LogP contribution in [0.25, 0.3) is 0 Å². The smallest absolute Gasteiger partial charge is 0.286 e. The van der Waals surface area contributed by atoms with Crippen molar-refractivity contribution >= 4 is 17.3 Å². The Balaban J connectivity index is 1.48. The van der Waals surface area contributed by atoms with Crippen molar-refractivity contribution in [2.24, 2.45) is 0 Å². The number of fused-ring (bicyclic) bond motifs is 1. The molecule has 1 amide bonds. The molecule has 8 nitrogen and oxygen atoms in total. The quantitative estimate of drug-likeness (QED) is 0.591. The average molecular weight is 411 g/mol. The lowest BCUT2D eigenvalue weighted by Crippen LogP contribution is -2.36. The van der Waals surface area contributed by atoms with Crippen LogP contribution in [0.3, 0.4) is 0 Å². The molecule has 2 aliphatic rings. The van der Waals surface area contributed by atoms with Gasteiger partial charge >= 0.3 is 0 Å². The molecule has 0 saturated carbocycles. The Hall–Kier alpha value is -3.13. The van der Waals surface area contributed by atoms with Crippen molar-refractivity contribution in [1.29, 1.82) is 0 Å². The third-order valence-electron chi connectivity index (χ3n) is 5.64. The number of carbonyl (C=O) groups excluding carboxylic acids is 1. The van der Waals surface area contributed by atoms with Gasteiger partial charge in [-0.2, -0.15) is 0 Å². The van der Waals surface area contributed by atoms with E-state index >= 15 is 0 Å². The SMILES string of the molecule is CC1CCCCN1Cc1ccc(NC(=O)c2cc3c(cc2[N+](=O)[O-])OCCO3)cc1. The predicted octanol–water partition coefficient (Wildman–Crippen LogP) is 3.99. The molecule has 1 N–H and O–H groups in total. The van der Waals surface area contributed by atoms with Gasteiger partial charge in [0.1, 0.15) is 18.8 Å². The number of nitrogens with zero attached hydrogens (tertiary/aromatic N) is 2. The topological polar surface area (TPSA) is 93.9 Å². The second-order valence-corrected chi connectivity index (χ2v) is 7.74. The van der Waals surface area contributed by atoms with Gasteiger partial charge in [-0.1, -0.05) is 18.6 Å². The number of ether oxygens (including phenoxy) is 2. The molecule has 8 heteroatoms. The second-order valence-electron chi connectivity index (χ2n) is 7.74. The van der Waals surface area contributed by atoms with Gasteiger partial charge in [-0.05, 0) is 44.0 Å². The van der Waals surface area contributed by atoms with E-state index in [1.165, 1.54) is 37.0 Å². The molecule has 1 atom stereocenters. The number of amides is 1. The minimum absolute atomic E-state index is 0.0598. The number of benzene rings is 2. The average Bonchev–Trinajstić information content (AvgIpc) is 2.75. The monoisotopic (exact) mass is 411 g/mol. The second kappa shape index (κ2) is 8.71. The third-order valence-corrected chi connectivity index (χ3v) is 5.64. The van der Waals surface area contributed by atoms with Crippen molar-refractivity contribution in [1.82, 2.24) is 4.90 Å². The molecule has 2 aliphatic heterocycles. The number of anilines is 1. The molecule has 1 saturated heterocycles. The summed E-state index contributed by atoms with van der Waals surface area (Å²) in [7, 11) is 0. The first kappa shape index (κ1) is 20.2. The first-order valence-electron chi connectivity index (χ1n) is 10.2. The van der Waals surface area contributed by atoms with Crippen molar-refractivity contribution in [2.75, 3.05) is 25.1 Å². The van der Waals surface area contributed by atoms with Crippen molar-refractivity contribution in [3.8, 4) is 11.5 Å². The molecule has 30 heavy (non-hydrogen) atoms. The zero-order valence-electron chi connectivity index (χ0n) is 16.9. The number of hydrogen-bond donors (Lipinski definition) is 1. The van der Waals surface area contributed by atoms with Crippen LogP contribution in [0.15, 0.2) is 36.4 Å². The lowest BCUT2D eigenvalue weighted by Gasteiger charge is -2.33. The summed E-state index contributed by atoms with van der Waals surface area (Å²) in [6, 6.07) is 10.8. The highest BCUT2D eigenvalue weighted by Gasteiger charge is 2.26. The third kappa shape index (κ3) is 4.38. The highest BCUT2D eigenvalue weighted by molar-refractivity contribution is 6.07. The zero-order chi connectivity index (χ0) is 21.1. The molecule has 158 valence electrons. The number of piperidine rings is 1. The number of hydrogen-bond acceptors (Lipinski definition) is 6. The summed E-state index contributed by atoms with van der Waals surface area (Å²) in [5, 5.41) is 14.2. The van der Waals surface area contributed by atoms with Crippen LogP contribution in [0.2, 0.25) is 0 Å². The number of nitro benzene ring substituents is 1. The summed E-state index contributed by atoms with van der Waals surface area (Å²) in [6.45, 7) is 4.89. The lowest BCUT2D eigenvalue weighted by atomic mass is 10.0. The highest BCUT2D eigenvalue weighted by Crippen LogP contribution is 2.37. The van der Waals surface area contributed by atoms with E-state index < -0.39 is 10.8 Å². The number of carbonyl (C=O) groups is 1. The molecular formula is C22H25N3O5. The Morgan fingerprint density at radius 2 is 1.87 bits per heavy atom. The fraction of sp³-hybridized carbons (Fsp3) is 0.409. The van der Waals surface area contributed by atoms with Crippen molar-refractivity contribution < 1.29 is 19.2 Å². The van der Waals surface area contributed by atoms with E-state index in [1.807, 2.05) is 24.3 Å². The molecule has 1 unspecified atom stereocenters. The summed E-state index contributed by atoms with van der Waals surface area (Å²) in [4.78, 5) is 26.1. The Bertz CT molecular complexity index is 945. The van der Waals surface area contributed by atoms with Crippen LogP contribution in [-0.4, -0.2) is 41.5 Å². The van der Waals surface area contributed by atoms with Crippen molar-refractivity contribution in [3.63, 3.8) is 0 Å². The van der Waals surface area contributed by atoms with Crippen molar-refractivity contribution in [3.05, 3.63) is 57.6 Å². The van der Waals surface area contributed by atoms with Crippen LogP contribution in [0, 0.1) is 10.1 Å². The highest BCUT2D eigenvalue weighted by atomic mass is 16.6. The van der Waals surface area contributed by atoms with E-state index in [-0.39, 0.29) is 17.0 Å². The molecule has 0 aliphatic carbocycles. The molecule has 0 spiro atoms. The van der Waals surface area contributed by atoms with Crippen LogP contribution in [0.1, 0.15) is 42.1 Å². The standard InChI is InChI=1S/C22H25N3O5/c1-15-4-2-3-9-24(15)14-16-5-7-17(8-6-16)23-22(26)18-12-20-21(30-11-10-29-20)13-19(18)25(27)28/h5-8,12-13,15H,2-4,9-11,14H2,1H3,(H,23,26). The number of likely N-dealkylation sites (tertiary alicyclic amines) is 1. The minimum atomic E-state index is -0.587. The van der Waals surface area contributed by atoms with Gasteiger partial charge in [-0.25, -0.2) is 0 Å². The molecule has 2 heterocycles. The van der Waals surface area contributed by atoms with Gasteiger partial charge in [0.25, 0.3) is 11.6 Å². The Morgan fingerprint density at radius 1 is 1.17 bits per heavy atom. The van der Waals surface area contributed by atoms with E-state index in [0.717, 1.165) is 13.1 Å². The number of rotatable bonds is 5. The fourth-order valence-electron chi connectivity index (χ4n) is 3.93. The molecule has 4 rings (SSSR count). The molecular weight excluding hydrogens is 386 g/mol. The van der Waals surface area contributed by atoms with Gasteiger partial charge < -0.3 is 14.8 Å². The van der Waals surface area contributed by atoms with E-state index in [2.05, 4.69) is 17.1 Å². The van der Waals surface area contributed by atoms with Crippen LogP contribution in [0.4, 0.5) is 11.4 Å². The molecule has 2 aromatic carbocycles. The maximum absolute atomic E-state index is 12.7. The molecule has 0 bridgehead atoms. The summed E-state index contributed by atoms with van der Waals surface area (Å²) >= 11 is 0. The zero-order valence-corrected chi connectivity index (χ0v) is 16.9. The van der Waals surface area contributed by atoms with E-state index in [1.54, 1.807) is 0 Å². The van der Waals surface area contributed by atoms with Crippen LogP contribution < -0.4 is 14.8 Å². The van der Waals surface area contributed by atoms with E-state index in [4.69, 9.17) is 9.47 Å². The summed E-state index contributed by atoms with van der Waals surface area (Å²) in [5.74, 6) is 0.0554. The van der Waals surface area contributed by atoms with Gasteiger partial charge in [0.2, 0.25) is 0 Å². The number of nitrogens with one attached hydrogen (secondary N) is 1. The Morgan fingerprint density at radius 3 is 2.53 bits per heavy atom. The predicted molar refractivity (Wildman–Crippen MR) is 112 cm³/mol. The normalized spacial score (nSPS) is 18.6. The Labute approximate surface area is 174 Å². The minimum Gasteiger partial charge on any atom is -0.486 e. The van der Waals surface area contributed by atoms with Gasteiger partial charge in [0, 0.05) is 24.3 Å². The summed E-state index contributed by atoms with van der Waals surface area (Å²) in [5.41, 5.74) is 1.38. The van der Waals surface area contributed by atoms with Gasteiger partial charge in [0.15, 0.2) is 11.5 Å². The molecule has 0 radical (unpaired) electrons. The van der Waals surface area contributed by atoms with Crippen LogP contribution in [-0.2, 0) is 6.54 Å². The molecule has 0 aromatic heterocycles. The number of nitro groups is 1. The van der Waals surface area contributed by atoms with Gasteiger partial charge in [0.05, 0.1) is 11.0 Å². The lowest BCUT2D eigenvalue weighted by molar-refractivity contribution is -0.385. The van der Waals surface area contributed by atoms with Gasteiger partial charge in [-0.3, -0.25) is 19.8 Å². The largest absolute Gasteiger partial charge is 0.486 e.